The zero-order valence-electron chi connectivity index (χ0n) is 16.5. The predicted molar refractivity (Wildman–Crippen MR) is 112 cm³/mol. The summed E-state index contributed by atoms with van der Waals surface area (Å²) in [5.74, 6) is 1.76. The van der Waals surface area contributed by atoms with Crippen LogP contribution in [0.15, 0.2) is 40.4 Å². The summed E-state index contributed by atoms with van der Waals surface area (Å²) in [6.07, 6.45) is 1.46. The van der Waals surface area contributed by atoms with Crippen molar-refractivity contribution in [2.45, 2.75) is 6.54 Å². The number of ether oxygens (including phenoxy) is 4. The van der Waals surface area contributed by atoms with E-state index in [9.17, 15) is 10.1 Å². The highest BCUT2D eigenvalue weighted by Crippen LogP contribution is 2.34. The van der Waals surface area contributed by atoms with Crippen LogP contribution in [0.5, 0.6) is 23.0 Å². The Labute approximate surface area is 178 Å². The van der Waals surface area contributed by atoms with Crippen molar-refractivity contribution in [3.05, 3.63) is 51.5 Å². The quantitative estimate of drug-likeness (QED) is 0.476. The first-order valence-electron chi connectivity index (χ1n) is 8.49. The molecule has 29 heavy (non-hydrogen) atoms. The Balaban J connectivity index is 2.24. The molecule has 1 amide bonds. The van der Waals surface area contributed by atoms with Gasteiger partial charge in [0.2, 0.25) is 0 Å². The Bertz CT molecular complexity index is 966. The maximum absolute atomic E-state index is 12.5. The van der Waals surface area contributed by atoms with Crippen LogP contribution in [-0.4, -0.2) is 34.3 Å². The lowest BCUT2D eigenvalue weighted by Crippen LogP contribution is -2.24. The monoisotopic (exact) mass is 460 g/mol. The average Bonchev–Trinajstić information content (AvgIpc) is 2.75. The Morgan fingerprint density at radius 1 is 1.03 bits per heavy atom. The van der Waals surface area contributed by atoms with E-state index in [-0.39, 0.29) is 12.1 Å². The van der Waals surface area contributed by atoms with E-state index in [2.05, 4.69) is 21.2 Å². The smallest absolute Gasteiger partial charge is 0.262 e. The summed E-state index contributed by atoms with van der Waals surface area (Å²) in [7, 11) is 6.14. The number of halogens is 1. The van der Waals surface area contributed by atoms with Gasteiger partial charge in [0.1, 0.15) is 34.6 Å². The molecule has 2 aromatic carbocycles. The minimum absolute atomic E-state index is 0.0622. The summed E-state index contributed by atoms with van der Waals surface area (Å²) < 4.78 is 21.7. The molecule has 0 saturated heterocycles. The Hall–Kier alpha value is -3.18. The molecule has 0 aliphatic heterocycles. The molecule has 0 unspecified atom stereocenters. The van der Waals surface area contributed by atoms with Crippen molar-refractivity contribution in [3.63, 3.8) is 0 Å². The third-order valence-electron chi connectivity index (χ3n) is 4.10. The molecule has 1 N–H and O–H groups in total. The summed E-state index contributed by atoms with van der Waals surface area (Å²) in [6.45, 7) is 0.189. The van der Waals surface area contributed by atoms with E-state index in [1.807, 2.05) is 6.07 Å². The third kappa shape index (κ3) is 5.42. The van der Waals surface area contributed by atoms with Gasteiger partial charge in [-0.15, -0.1) is 0 Å². The molecule has 2 aromatic rings. The van der Waals surface area contributed by atoms with Crippen LogP contribution in [0.1, 0.15) is 11.1 Å². The van der Waals surface area contributed by atoms with Crippen molar-refractivity contribution in [1.82, 2.24) is 5.32 Å². The van der Waals surface area contributed by atoms with Gasteiger partial charge in [-0.05, 0) is 40.2 Å². The van der Waals surface area contributed by atoms with Crippen LogP contribution in [-0.2, 0) is 11.3 Å². The molecule has 0 saturated carbocycles. The number of carbonyl (C=O) groups is 1. The Kier molecular flexibility index (Phi) is 7.92. The van der Waals surface area contributed by atoms with Gasteiger partial charge in [-0.25, -0.2) is 0 Å². The van der Waals surface area contributed by atoms with Crippen molar-refractivity contribution in [1.29, 1.82) is 5.26 Å². The van der Waals surface area contributed by atoms with Gasteiger partial charge in [0.25, 0.3) is 5.91 Å². The molecule has 2 rings (SSSR count). The molecule has 0 bridgehead atoms. The second kappa shape index (κ2) is 10.4. The summed E-state index contributed by atoms with van der Waals surface area (Å²) in [5.41, 5.74) is 1.26. The molecule has 0 aromatic heterocycles. The van der Waals surface area contributed by atoms with Gasteiger partial charge in [0.15, 0.2) is 0 Å². The molecular formula is C21H21BrN2O5. The Morgan fingerprint density at radius 2 is 1.72 bits per heavy atom. The number of nitrogens with zero attached hydrogens (tertiary/aromatic N) is 1. The molecule has 7 nitrogen and oxygen atoms in total. The summed E-state index contributed by atoms with van der Waals surface area (Å²) in [4.78, 5) is 12.5. The molecule has 0 aliphatic rings. The Morgan fingerprint density at radius 3 is 2.31 bits per heavy atom. The van der Waals surface area contributed by atoms with Crippen molar-refractivity contribution < 1.29 is 23.7 Å². The van der Waals surface area contributed by atoms with E-state index in [1.54, 1.807) is 37.4 Å². The lowest BCUT2D eigenvalue weighted by molar-refractivity contribution is -0.117. The molecule has 0 spiro atoms. The predicted octanol–water partition coefficient (Wildman–Crippen LogP) is 3.71. The van der Waals surface area contributed by atoms with Crippen LogP contribution in [0, 0.1) is 11.3 Å². The highest BCUT2D eigenvalue weighted by molar-refractivity contribution is 9.10. The number of rotatable bonds is 8. The second-order valence-corrected chi connectivity index (χ2v) is 6.61. The van der Waals surface area contributed by atoms with Gasteiger partial charge in [0, 0.05) is 29.8 Å². The van der Waals surface area contributed by atoms with Gasteiger partial charge in [-0.1, -0.05) is 0 Å². The van der Waals surface area contributed by atoms with E-state index < -0.39 is 5.91 Å². The molecule has 152 valence electrons. The maximum atomic E-state index is 12.5. The highest BCUT2D eigenvalue weighted by atomic mass is 79.9. The number of hydrogen-bond acceptors (Lipinski definition) is 6. The minimum atomic E-state index is -0.514. The van der Waals surface area contributed by atoms with E-state index in [0.717, 1.165) is 5.56 Å². The molecule has 0 atom stereocenters. The topological polar surface area (TPSA) is 89.8 Å². The van der Waals surface area contributed by atoms with Crippen molar-refractivity contribution in [2.75, 3.05) is 28.4 Å². The molecule has 0 fully saturated rings. The van der Waals surface area contributed by atoms with Crippen LogP contribution >= 0.6 is 15.9 Å². The lowest BCUT2D eigenvalue weighted by atomic mass is 10.1. The number of nitrogens with one attached hydrogen (secondary N) is 1. The van der Waals surface area contributed by atoms with E-state index >= 15 is 0 Å². The average molecular weight is 461 g/mol. The van der Waals surface area contributed by atoms with E-state index in [4.69, 9.17) is 18.9 Å². The van der Waals surface area contributed by atoms with Crippen LogP contribution < -0.4 is 24.3 Å². The first kappa shape index (κ1) is 22.1. The fourth-order valence-corrected chi connectivity index (χ4v) is 3.09. The number of nitriles is 1. The van der Waals surface area contributed by atoms with Gasteiger partial charge in [0.05, 0.1) is 32.9 Å². The van der Waals surface area contributed by atoms with Crippen molar-refractivity contribution >= 4 is 27.9 Å². The maximum Gasteiger partial charge on any atom is 0.262 e. The van der Waals surface area contributed by atoms with Gasteiger partial charge in [-0.2, -0.15) is 5.26 Å². The number of carbonyl (C=O) groups excluding carboxylic acids is 1. The summed E-state index contributed by atoms with van der Waals surface area (Å²) >= 11 is 3.39. The normalized spacial score (nSPS) is 10.7. The first-order valence-corrected chi connectivity index (χ1v) is 9.29. The number of hydrogen-bond donors (Lipinski definition) is 1. The zero-order chi connectivity index (χ0) is 21.4. The minimum Gasteiger partial charge on any atom is -0.497 e. The number of methoxy groups -OCH3 is 4. The van der Waals surface area contributed by atoms with Crippen LogP contribution in [0.2, 0.25) is 0 Å². The molecule has 0 radical (unpaired) electrons. The van der Waals surface area contributed by atoms with Gasteiger partial charge >= 0.3 is 0 Å². The van der Waals surface area contributed by atoms with Gasteiger partial charge in [-0.3, -0.25) is 4.79 Å². The third-order valence-corrected chi connectivity index (χ3v) is 4.72. The number of benzene rings is 2. The summed E-state index contributed by atoms with van der Waals surface area (Å²) in [5, 5.41) is 12.2. The van der Waals surface area contributed by atoms with Crippen LogP contribution in [0.4, 0.5) is 0 Å². The zero-order valence-corrected chi connectivity index (χ0v) is 18.1. The van der Waals surface area contributed by atoms with Crippen molar-refractivity contribution in [3.8, 4) is 29.1 Å². The van der Waals surface area contributed by atoms with E-state index in [1.165, 1.54) is 27.4 Å². The second-order valence-electron chi connectivity index (χ2n) is 5.76. The first-order chi connectivity index (χ1) is 14.0. The summed E-state index contributed by atoms with van der Waals surface area (Å²) in [6, 6.07) is 10.6. The van der Waals surface area contributed by atoms with E-state index in [0.29, 0.717) is 33.0 Å². The van der Waals surface area contributed by atoms with Crippen LogP contribution in [0.3, 0.4) is 0 Å². The standard InChI is InChI=1S/C21H21BrN2O5/c1-26-16-6-5-13(18(9-16)27-2)12-24-21(25)15(11-23)7-14-8-17(22)20(29-4)10-19(14)28-3/h5-10H,12H2,1-4H3,(H,24,25)/b15-7+. The van der Waals surface area contributed by atoms with Crippen molar-refractivity contribution in [2.24, 2.45) is 0 Å². The molecule has 8 heteroatoms. The molecule has 0 heterocycles. The molecule has 0 aliphatic carbocycles. The fraction of sp³-hybridized carbons (Fsp3) is 0.238. The SMILES string of the molecule is COc1ccc(CNC(=O)/C(C#N)=C/c2cc(Br)c(OC)cc2OC)c(OC)c1. The number of amides is 1. The lowest BCUT2D eigenvalue weighted by Gasteiger charge is -2.12. The molecular weight excluding hydrogens is 440 g/mol. The highest BCUT2D eigenvalue weighted by Gasteiger charge is 2.14. The fourth-order valence-electron chi connectivity index (χ4n) is 2.57. The van der Waals surface area contributed by atoms with Crippen LogP contribution in [0.25, 0.3) is 6.08 Å². The van der Waals surface area contributed by atoms with Gasteiger partial charge < -0.3 is 24.3 Å². The largest absolute Gasteiger partial charge is 0.497 e.